The predicted molar refractivity (Wildman–Crippen MR) is 295 cm³/mol. The lowest BCUT2D eigenvalue weighted by molar-refractivity contribution is 1.07. The van der Waals surface area contributed by atoms with Gasteiger partial charge in [0.15, 0.2) is 17.5 Å². The zero-order chi connectivity index (χ0) is 49.7. The van der Waals surface area contributed by atoms with E-state index in [2.05, 4.69) is 167 Å². The van der Waals surface area contributed by atoms with Gasteiger partial charge in [-0.3, -0.25) is 0 Å². The van der Waals surface area contributed by atoms with Crippen LogP contribution in [0.2, 0.25) is 0 Å². The molecule has 0 spiro atoms. The monoisotopic (exact) mass is 942 g/mol. The maximum atomic E-state index is 10.2. The Morgan fingerprint density at radius 2 is 0.608 bits per heavy atom. The molecule has 3 heterocycles. The summed E-state index contributed by atoms with van der Waals surface area (Å²) in [6.45, 7) is 0. The molecule has 0 saturated carbocycles. The Kier molecular flexibility index (Phi) is 10.5. The average Bonchev–Trinajstić information content (AvgIpc) is 4.01. The quantitative estimate of drug-likeness (QED) is 0.150. The fourth-order valence-electron chi connectivity index (χ4n) is 10.5. The first kappa shape index (κ1) is 43.3. The number of hydrogen-bond donors (Lipinski definition) is 0. The van der Waals surface area contributed by atoms with E-state index in [1.54, 1.807) is 18.2 Å². The fourth-order valence-corrected chi connectivity index (χ4v) is 10.5. The Balaban J connectivity index is 1.12. The van der Waals surface area contributed by atoms with Gasteiger partial charge < -0.3 is 9.13 Å². The summed E-state index contributed by atoms with van der Waals surface area (Å²) in [7, 11) is 0. The molecule has 3 aromatic heterocycles. The highest BCUT2D eigenvalue weighted by Gasteiger charge is 2.23. The number of nitrogens with zero attached hydrogens (tertiary/aromatic N) is 8. The van der Waals surface area contributed by atoms with Crippen molar-refractivity contribution in [2.45, 2.75) is 0 Å². The first-order valence-electron chi connectivity index (χ1n) is 24.2. The SMILES string of the molecule is N#Cc1cccc(-c2cccc(-c3nc(-c4cc(-n5c6ccccc6c6ccccc65)ccc4-c4cccc(C#N)c4)nc(-c4cc(-n5c6ccccc6c6ccccc65)ccc4-c4cccc(C#N)c4)n3)c2)c1. The molecule has 8 nitrogen and oxygen atoms in total. The minimum atomic E-state index is 0.417. The van der Waals surface area contributed by atoms with E-state index >= 15 is 0 Å². The first-order chi connectivity index (χ1) is 36.5. The summed E-state index contributed by atoms with van der Waals surface area (Å²) in [5.74, 6) is 1.27. The van der Waals surface area contributed by atoms with Gasteiger partial charge in [-0.05, 0) is 124 Å². The van der Waals surface area contributed by atoms with E-state index in [-0.39, 0.29) is 0 Å². The topological polar surface area (TPSA) is 120 Å². The van der Waals surface area contributed by atoms with Crippen LogP contribution in [0.4, 0.5) is 0 Å². The van der Waals surface area contributed by atoms with Crippen molar-refractivity contribution < 1.29 is 0 Å². The van der Waals surface area contributed by atoms with Gasteiger partial charge in [0.05, 0.1) is 57.0 Å². The van der Waals surface area contributed by atoms with Gasteiger partial charge >= 0.3 is 0 Å². The molecule has 342 valence electrons. The highest BCUT2D eigenvalue weighted by Crippen LogP contribution is 2.41. The molecule has 0 radical (unpaired) electrons. The molecule has 0 N–H and O–H groups in total. The van der Waals surface area contributed by atoms with Gasteiger partial charge in [0.25, 0.3) is 0 Å². The highest BCUT2D eigenvalue weighted by atomic mass is 15.0. The van der Waals surface area contributed by atoms with Crippen LogP contribution in [0.25, 0.3) is 123 Å². The van der Waals surface area contributed by atoms with E-state index in [0.29, 0.717) is 34.2 Å². The van der Waals surface area contributed by atoms with E-state index in [1.807, 2.05) is 72.8 Å². The molecule has 74 heavy (non-hydrogen) atoms. The van der Waals surface area contributed by atoms with Gasteiger partial charge in [0.1, 0.15) is 0 Å². The Morgan fingerprint density at radius 1 is 0.270 bits per heavy atom. The number of aromatic nitrogens is 5. The molecular formula is C66H38N8. The van der Waals surface area contributed by atoms with E-state index in [0.717, 1.165) is 105 Å². The van der Waals surface area contributed by atoms with Gasteiger partial charge in [-0.15, -0.1) is 0 Å². The van der Waals surface area contributed by atoms with Gasteiger partial charge in [-0.25, -0.2) is 15.0 Å². The van der Waals surface area contributed by atoms with Crippen molar-refractivity contribution >= 4 is 43.6 Å². The van der Waals surface area contributed by atoms with E-state index in [9.17, 15) is 15.8 Å². The van der Waals surface area contributed by atoms with Gasteiger partial charge in [0.2, 0.25) is 0 Å². The third-order valence-corrected chi connectivity index (χ3v) is 13.9. The van der Waals surface area contributed by atoms with Crippen LogP contribution in [0.15, 0.2) is 231 Å². The van der Waals surface area contributed by atoms with Crippen molar-refractivity contribution in [3.05, 3.63) is 247 Å². The van der Waals surface area contributed by atoms with Gasteiger partial charge in [-0.2, -0.15) is 15.8 Å². The number of rotatable bonds is 8. The smallest absolute Gasteiger partial charge is 0.164 e. The van der Waals surface area contributed by atoms with E-state index in [1.165, 1.54) is 0 Å². The molecule has 13 rings (SSSR count). The Labute approximate surface area is 425 Å². The first-order valence-corrected chi connectivity index (χ1v) is 24.2. The number of benzene rings is 10. The molecule has 13 aromatic rings. The minimum absolute atomic E-state index is 0.417. The zero-order valence-corrected chi connectivity index (χ0v) is 39.5. The Morgan fingerprint density at radius 3 is 1.03 bits per heavy atom. The molecule has 0 bridgehead atoms. The number of para-hydroxylation sites is 4. The Hall–Kier alpha value is -10.7. The lowest BCUT2D eigenvalue weighted by Crippen LogP contribution is -2.04. The fraction of sp³-hybridized carbons (Fsp3) is 0. The summed E-state index contributed by atoms with van der Waals surface area (Å²) in [5, 5.41) is 34.7. The van der Waals surface area contributed by atoms with Crippen LogP contribution in [-0.2, 0) is 0 Å². The van der Waals surface area contributed by atoms with Gasteiger partial charge in [0, 0.05) is 49.6 Å². The summed E-state index contributed by atoms with van der Waals surface area (Å²) in [4.78, 5) is 16.4. The van der Waals surface area contributed by atoms with Crippen molar-refractivity contribution in [1.29, 1.82) is 15.8 Å². The molecule has 0 aliphatic heterocycles. The van der Waals surface area contributed by atoms with Crippen molar-refractivity contribution in [2.75, 3.05) is 0 Å². The van der Waals surface area contributed by atoms with Crippen LogP contribution < -0.4 is 0 Å². The molecule has 10 aromatic carbocycles. The second-order valence-corrected chi connectivity index (χ2v) is 18.2. The largest absolute Gasteiger partial charge is 0.309 e. The summed E-state index contributed by atoms with van der Waals surface area (Å²) in [5.41, 5.74) is 15.0. The van der Waals surface area contributed by atoms with Crippen LogP contribution in [0.5, 0.6) is 0 Å². The summed E-state index contributed by atoms with van der Waals surface area (Å²) in [6.07, 6.45) is 0. The Bertz CT molecular complexity index is 4210. The molecule has 0 fully saturated rings. The van der Waals surface area contributed by atoms with Gasteiger partial charge in [-0.1, -0.05) is 140 Å². The molecular weight excluding hydrogens is 905 g/mol. The van der Waals surface area contributed by atoms with Crippen LogP contribution in [0.3, 0.4) is 0 Å². The van der Waals surface area contributed by atoms with Crippen LogP contribution >= 0.6 is 0 Å². The van der Waals surface area contributed by atoms with Crippen molar-refractivity contribution in [3.8, 4) is 97.1 Å². The zero-order valence-electron chi connectivity index (χ0n) is 39.5. The molecule has 8 heteroatoms. The summed E-state index contributed by atoms with van der Waals surface area (Å²) >= 11 is 0. The number of nitriles is 3. The third-order valence-electron chi connectivity index (χ3n) is 13.9. The number of hydrogen-bond acceptors (Lipinski definition) is 6. The van der Waals surface area contributed by atoms with Crippen LogP contribution in [0.1, 0.15) is 16.7 Å². The maximum absolute atomic E-state index is 10.2. The minimum Gasteiger partial charge on any atom is -0.309 e. The molecule has 0 unspecified atom stereocenters. The molecule has 0 aliphatic carbocycles. The maximum Gasteiger partial charge on any atom is 0.164 e. The van der Waals surface area contributed by atoms with E-state index in [4.69, 9.17) is 15.0 Å². The normalized spacial score (nSPS) is 11.2. The third kappa shape index (κ3) is 7.42. The predicted octanol–water partition coefficient (Wildman–Crippen LogP) is 15.7. The van der Waals surface area contributed by atoms with Crippen molar-refractivity contribution in [3.63, 3.8) is 0 Å². The molecule has 0 aliphatic rings. The lowest BCUT2D eigenvalue weighted by Gasteiger charge is -2.17. The summed E-state index contributed by atoms with van der Waals surface area (Å²) in [6, 6.07) is 84.3. The van der Waals surface area contributed by atoms with Crippen LogP contribution in [0, 0.1) is 34.0 Å². The number of fused-ring (bicyclic) bond motifs is 6. The summed E-state index contributed by atoms with van der Waals surface area (Å²) < 4.78 is 4.56. The van der Waals surface area contributed by atoms with Crippen LogP contribution in [-0.4, -0.2) is 24.1 Å². The second-order valence-electron chi connectivity index (χ2n) is 18.2. The molecule has 0 amide bonds. The van der Waals surface area contributed by atoms with Crippen molar-refractivity contribution in [1.82, 2.24) is 24.1 Å². The van der Waals surface area contributed by atoms with Crippen molar-refractivity contribution in [2.24, 2.45) is 0 Å². The molecule has 0 atom stereocenters. The van der Waals surface area contributed by atoms with E-state index < -0.39 is 0 Å². The highest BCUT2D eigenvalue weighted by molar-refractivity contribution is 6.10. The average molecular weight is 943 g/mol. The molecule has 0 saturated heterocycles. The second kappa shape index (κ2) is 17.9. The lowest BCUT2D eigenvalue weighted by atomic mass is 9.95. The standard InChI is InChI=1S/C66H38N8/c67-39-42-13-9-16-45(33-42)46-17-12-20-49(36-46)64-70-65(58-37-50(29-31-52(58)47-18-10-14-43(34-47)40-68)73-60-25-5-1-21-54(60)55-22-2-6-26-61(55)73)72-66(71-64)59-38-51(30-32-53(59)48-19-11-15-44(35-48)41-69)74-62-27-7-3-23-56(62)57-24-4-8-28-63(57)74/h1-38H.